The highest BCUT2D eigenvalue weighted by Crippen LogP contribution is 2.27. The van der Waals surface area contributed by atoms with Gasteiger partial charge in [0, 0.05) is 11.1 Å². The molecule has 20 heavy (non-hydrogen) atoms. The third-order valence-electron chi connectivity index (χ3n) is 3.04. The van der Waals surface area contributed by atoms with Crippen LogP contribution in [-0.4, -0.2) is 9.97 Å². The monoisotopic (exact) mass is 300 g/mol. The number of hydrogen-bond acceptors (Lipinski definition) is 3. The molecule has 0 fully saturated rings. The largest absolute Gasteiger partial charge is 0.226 e. The van der Waals surface area contributed by atoms with Crippen molar-refractivity contribution in [3.8, 4) is 10.6 Å². The average Bonchev–Trinajstić information content (AvgIpc) is 2.95. The van der Waals surface area contributed by atoms with E-state index in [1.165, 1.54) is 10.4 Å². The molecule has 0 radical (unpaired) electrons. The molecule has 3 rings (SSSR count). The molecule has 2 heterocycles. The molecule has 0 atom stereocenters. The number of hydrogen-bond donors (Lipinski definition) is 0. The Morgan fingerprint density at radius 3 is 2.60 bits per heavy atom. The Kier molecular flexibility index (Phi) is 4.09. The van der Waals surface area contributed by atoms with Crippen LogP contribution in [0.25, 0.3) is 10.6 Å². The number of halogens is 1. The lowest BCUT2D eigenvalue weighted by Gasteiger charge is -1.99. The number of thiophene rings is 1. The first-order valence-corrected chi connectivity index (χ1v) is 7.62. The predicted molar refractivity (Wildman–Crippen MR) is 84.2 cm³/mol. The van der Waals surface area contributed by atoms with Crippen LogP contribution in [-0.2, 0) is 12.8 Å². The van der Waals surface area contributed by atoms with Gasteiger partial charge in [0.15, 0.2) is 0 Å². The Morgan fingerprint density at radius 1 is 0.950 bits per heavy atom. The van der Waals surface area contributed by atoms with Gasteiger partial charge in [0.1, 0.15) is 0 Å². The molecule has 2 nitrogen and oxygen atoms in total. The van der Waals surface area contributed by atoms with Gasteiger partial charge in [0.25, 0.3) is 0 Å². The minimum atomic E-state index is 0.293. The van der Waals surface area contributed by atoms with Crippen LogP contribution in [0.2, 0.25) is 5.28 Å². The van der Waals surface area contributed by atoms with Gasteiger partial charge in [-0.3, -0.25) is 0 Å². The van der Waals surface area contributed by atoms with Gasteiger partial charge in [0.05, 0.1) is 10.6 Å². The molecule has 1 aromatic carbocycles. The molecule has 100 valence electrons. The molecule has 4 heteroatoms. The molecule has 0 aliphatic rings. The zero-order chi connectivity index (χ0) is 13.8. The summed E-state index contributed by atoms with van der Waals surface area (Å²) in [4.78, 5) is 10.6. The maximum Gasteiger partial charge on any atom is 0.222 e. The molecular formula is C16H13ClN2S. The standard InChI is InChI=1S/C16H13ClN2S/c17-16-18-11-10-14(19-16)15-9-8-13(20-15)7-6-12-4-2-1-3-5-12/h1-5,8-11H,6-7H2. The van der Waals surface area contributed by atoms with E-state index >= 15 is 0 Å². The van der Waals surface area contributed by atoms with Crippen LogP contribution in [0.3, 0.4) is 0 Å². The van der Waals surface area contributed by atoms with E-state index in [9.17, 15) is 0 Å². The van der Waals surface area contributed by atoms with Crippen molar-refractivity contribution in [2.24, 2.45) is 0 Å². The zero-order valence-electron chi connectivity index (χ0n) is 10.8. The lowest BCUT2D eigenvalue weighted by molar-refractivity contribution is 0.981. The van der Waals surface area contributed by atoms with Crippen molar-refractivity contribution in [3.05, 3.63) is 70.5 Å². The normalized spacial score (nSPS) is 10.7. The van der Waals surface area contributed by atoms with Crippen LogP contribution in [0.4, 0.5) is 0 Å². The van der Waals surface area contributed by atoms with E-state index in [4.69, 9.17) is 11.6 Å². The van der Waals surface area contributed by atoms with Crippen molar-refractivity contribution in [2.75, 3.05) is 0 Å². The van der Waals surface area contributed by atoms with E-state index < -0.39 is 0 Å². The van der Waals surface area contributed by atoms with Crippen molar-refractivity contribution in [1.82, 2.24) is 9.97 Å². The summed E-state index contributed by atoms with van der Waals surface area (Å²) in [6.45, 7) is 0. The highest BCUT2D eigenvalue weighted by atomic mass is 35.5. The zero-order valence-corrected chi connectivity index (χ0v) is 12.4. The van der Waals surface area contributed by atoms with Crippen molar-refractivity contribution >= 4 is 22.9 Å². The van der Waals surface area contributed by atoms with Crippen LogP contribution in [0, 0.1) is 0 Å². The SMILES string of the molecule is Clc1nccc(-c2ccc(CCc3ccccc3)s2)n1. The Balaban J connectivity index is 1.71. The molecule has 2 aromatic heterocycles. The van der Waals surface area contributed by atoms with Gasteiger partial charge in [0.2, 0.25) is 5.28 Å². The maximum absolute atomic E-state index is 5.83. The first kappa shape index (κ1) is 13.3. The summed E-state index contributed by atoms with van der Waals surface area (Å²) in [6, 6.07) is 16.7. The van der Waals surface area contributed by atoms with Crippen molar-refractivity contribution < 1.29 is 0 Å². The molecule has 0 N–H and O–H groups in total. The number of benzene rings is 1. The van der Waals surface area contributed by atoms with Gasteiger partial charge in [-0.25, -0.2) is 9.97 Å². The lowest BCUT2D eigenvalue weighted by Crippen LogP contribution is -1.87. The van der Waals surface area contributed by atoms with Gasteiger partial charge in [-0.1, -0.05) is 30.3 Å². The van der Waals surface area contributed by atoms with E-state index in [2.05, 4.69) is 46.4 Å². The van der Waals surface area contributed by atoms with Crippen LogP contribution < -0.4 is 0 Å². The Bertz CT molecular complexity index is 694. The molecule has 0 spiro atoms. The fourth-order valence-corrected chi connectivity index (χ4v) is 3.16. The van der Waals surface area contributed by atoms with Gasteiger partial charge >= 0.3 is 0 Å². The lowest BCUT2D eigenvalue weighted by atomic mass is 10.1. The first-order chi connectivity index (χ1) is 9.81. The van der Waals surface area contributed by atoms with E-state index in [1.54, 1.807) is 17.5 Å². The summed E-state index contributed by atoms with van der Waals surface area (Å²) in [5.41, 5.74) is 2.26. The summed E-state index contributed by atoms with van der Waals surface area (Å²) in [7, 11) is 0. The summed E-state index contributed by atoms with van der Waals surface area (Å²) in [6.07, 6.45) is 3.80. The second kappa shape index (κ2) is 6.16. The quantitative estimate of drug-likeness (QED) is 0.656. The Morgan fingerprint density at radius 2 is 1.80 bits per heavy atom. The number of aryl methyl sites for hydroxylation is 2. The molecule has 0 saturated heterocycles. The summed E-state index contributed by atoms with van der Waals surface area (Å²) in [5, 5.41) is 0.293. The number of nitrogens with zero attached hydrogens (tertiary/aromatic N) is 2. The molecule has 0 unspecified atom stereocenters. The van der Waals surface area contributed by atoms with Gasteiger partial charge < -0.3 is 0 Å². The van der Waals surface area contributed by atoms with E-state index in [0.29, 0.717) is 5.28 Å². The topological polar surface area (TPSA) is 25.8 Å². The predicted octanol–water partition coefficient (Wildman–Crippen LogP) is 4.64. The first-order valence-electron chi connectivity index (χ1n) is 6.43. The minimum absolute atomic E-state index is 0.293. The summed E-state index contributed by atoms with van der Waals surface area (Å²) in [5.74, 6) is 0. The van der Waals surface area contributed by atoms with Crippen LogP contribution >= 0.6 is 22.9 Å². The molecular weight excluding hydrogens is 288 g/mol. The minimum Gasteiger partial charge on any atom is -0.226 e. The summed E-state index contributed by atoms with van der Waals surface area (Å²) >= 11 is 7.59. The molecule has 0 amide bonds. The molecule has 0 aliphatic heterocycles. The molecule has 0 aliphatic carbocycles. The van der Waals surface area contributed by atoms with Crippen molar-refractivity contribution in [2.45, 2.75) is 12.8 Å². The van der Waals surface area contributed by atoms with E-state index in [-0.39, 0.29) is 0 Å². The molecule has 0 bridgehead atoms. The highest BCUT2D eigenvalue weighted by Gasteiger charge is 2.05. The van der Waals surface area contributed by atoms with Crippen LogP contribution in [0.5, 0.6) is 0 Å². The van der Waals surface area contributed by atoms with Crippen LogP contribution in [0.1, 0.15) is 10.4 Å². The fraction of sp³-hybridized carbons (Fsp3) is 0.125. The van der Waals surface area contributed by atoms with Crippen LogP contribution in [0.15, 0.2) is 54.7 Å². The molecule has 3 aromatic rings. The maximum atomic E-state index is 5.83. The average molecular weight is 301 g/mol. The second-order valence-electron chi connectivity index (χ2n) is 4.46. The fourth-order valence-electron chi connectivity index (χ4n) is 2.03. The van der Waals surface area contributed by atoms with E-state index in [1.807, 2.05) is 12.1 Å². The van der Waals surface area contributed by atoms with Crippen molar-refractivity contribution in [1.29, 1.82) is 0 Å². The second-order valence-corrected chi connectivity index (χ2v) is 5.97. The van der Waals surface area contributed by atoms with Gasteiger partial charge in [-0.2, -0.15) is 0 Å². The third-order valence-corrected chi connectivity index (χ3v) is 4.39. The smallest absolute Gasteiger partial charge is 0.222 e. The van der Waals surface area contributed by atoms with Crippen molar-refractivity contribution in [3.63, 3.8) is 0 Å². The Labute approximate surface area is 127 Å². The number of aromatic nitrogens is 2. The molecule has 0 saturated carbocycles. The van der Waals surface area contributed by atoms with Gasteiger partial charge in [-0.15, -0.1) is 11.3 Å². The highest BCUT2D eigenvalue weighted by molar-refractivity contribution is 7.15. The summed E-state index contributed by atoms with van der Waals surface area (Å²) < 4.78 is 0. The van der Waals surface area contributed by atoms with Gasteiger partial charge in [-0.05, 0) is 48.2 Å². The Hall–Kier alpha value is -1.71. The number of rotatable bonds is 4. The third kappa shape index (κ3) is 3.24. The van der Waals surface area contributed by atoms with E-state index in [0.717, 1.165) is 23.4 Å².